The number of cyclic esters (lactones) is 1. The van der Waals surface area contributed by atoms with Crippen LogP contribution in [-0.2, 0) is 19.0 Å². The van der Waals surface area contributed by atoms with Crippen LogP contribution in [-0.4, -0.2) is 76.9 Å². The number of aliphatic hydroxyl groups excluding tert-OH is 4. The summed E-state index contributed by atoms with van der Waals surface area (Å²) in [6.45, 7) is 9.21. The van der Waals surface area contributed by atoms with Crippen LogP contribution in [0.5, 0.6) is 0 Å². The van der Waals surface area contributed by atoms with Crippen molar-refractivity contribution in [2.24, 2.45) is 22.7 Å². The molecule has 2 aliphatic carbocycles. The fraction of sp³-hybridized carbons (Fsp3) is 0.808. The van der Waals surface area contributed by atoms with E-state index in [1.807, 2.05) is 6.08 Å². The van der Waals surface area contributed by atoms with Gasteiger partial charge in [0, 0.05) is 5.57 Å². The van der Waals surface area contributed by atoms with Gasteiger partial charge in [-0.25, -0.2) is 4.79 Å². The zero-order valence-corrected chi connectivity index (χ0v) is 20.3. The van der Waals surface area contributed by atoms with Crippen molar-refractivity contribution in [2.45, 2.75) is 89.5 Å². The van der Waals surface area contributed by atoms with E-state index < -0.39 is 37.3 Å². The normalized spacial score (nSPS) is 45.0. The fourth-order valence-electron chi connectivity index (χ4n) is 7.17. The molecule has 4 N–H and O–H groups in total. The smallest absolute Gasteiger partial charge is 0.334 e. The van der Waals surface area contributed by atoms with E-state index in [0.29, 0.717) is 31.5 Å². The van der Waals surface area contributed by atoms with Gasteiger partial charge in [-0.15, -0.1) is 0 Å². The molecule has 0 aromatic heterocycles. The Kier molecular flexibility index (Phi) is 7.58. The Morgan fingerprint density at radius 2 is 1.94 bits per heavy atom. The highest BCUT2D eigenvalue weighted by molar-refractivity contribution is 5.90. The minimum atomic E-state index is -1.45. The number of hydrogen-bond donors (Lipinski definition) is 4. The molecule has 2 heterocycles. The molecule has 8 heteroatoms. The van der Waals surface area contributed by atoms with Crippen molar-refractivity contribution in [1.29, 1.82) is 0 Å². The molecule has 9 atom stereocenters. The number of rotatable bonds is 7. The van der Waals surface area contributed by atoms with Gasteiger partial charge in [-0.3, -0.25) is 0 Å². The van der Waals surface area contributed by atoms with Crippen LogP contribution in [0.25, 0.3) is 0 Å². The minimum Gasteiger partial charge on any atom is -0.458 e. The first kappa shape index (κ1) is 25.8. The molecular formula is C26H40O8. The van der Waals surface area contributed by atoms with Gasteiger partial charge in [0.05, 0.1) is 13.2 Å². The first-order valence-corrected chi connectivity index (χ1v) is 12.6. The molecule has 4 aliphatic rings. The van der Waals surface area contributed by atoms with Crippen molar-refractivity contribution in [1.82, 2.24) is 0 Å². The van der Waals surface area contributed by atoms with Crippen LogP contribution in [0.15, 0.2) is 23.8 Å². The third-order valence-electron chi connectivity index (χ3n) is 9.08. The monoisotopic (exact) mass is 480 g/mol. The molecule has 6 unspecified atom stereocenters. The summed E-state index contributed by atoms with van der Waals surface area (Å²) in [4.78, 5) is 11.9. The number of ether oxygens (including phenoxy) is 3. The van der Waals surface area contributed by atoms with E-state index in [9.17, 15) is 25.2 Å². The number of carbonyl (C=O) groups is 1. The molecule has 0 radical (unpaired) electrons. The summed E-state index contributed by atoms with van der Waals surface area (Å²) < 4.78 is 16.7. The number of hydrogen-bond acceptors (Lipinski definition) is 8. The van der Waals surface area contributed by atoms with E-state index in [2.05, 4.69) is 20.4 Å². The molecule has 8 nitrogen and oxygen atoms in total. The average molecular weight is 481 g/mol. The van der Waals surface area contributed by atoms with Gasteiger partial charge < -0.3 is 34.6 Å². The van der Waals surface area contributed by atoms with E-state index in [4.69, 9.17) is 14.2 Å². The van der Waals surface area contributed by atoms with Gasteiger partial charge in [-0.1, -0.05) is 32.4 Å². The van der Waals surface area contributed by atoms with E-state index in [1.54, 1.807) is 0 Å². The molecule has 3 fully saturated rings. The van der Waals surface area contributed by atoms with E-state index in [-0.39, 0.29) is 16.8 Å². The molecule has 192 valence electrons. The molecule has 0 amide bonds. The summed E-state index contributed by atoms with van der Waals surface area (Å²) in [6.07, 6.45) is 2.15. The maximum Gasteiger partial charge on any atom is 0.334 e. The topological polar surface area (TPSA) is 126 Å². The second kappa shape index (κ2) is 9.99. The summed E-state index contributed by atoms with van der Waals surface area (Å²) in [5.41, 5.74) is 1.87. The van der Waals surface area contributed by atoms with Crippen molar-refractivity contribution in [3.8, 4) is 0 Å². The lowest BCUT2D eigenvalue weighted by Crippen LogP contribution is -2.60. The fourth-order valence-corrected chi connectivity index (χ4v) is 7.17. The lowest BCUT2D eigenvalue weighted by Gasteiger charge is -2.59. The lowest BCUT2D eigenvalue weighted by molar-refractivity contribution is -0.309. The maximum atomic E-state index is 11.9. The molecule has 0 bridgehead atoms. The molecule has 0 spiro atoms. The Bertz CT molecular complexity index is 809. The average Bonchev–Trinajstić information content (AvgIpc) is 3.21. The van der Waals surface area contributed by atoms with Crippen LogP contribution in [0.2, 0.25) is 0 Å². The third-order valence-corrected chi connectivity index (χ3v) is 9.08. The number of carbonyl (C=O) groups excluding carboxylic acids is 1. The molecule has 0 aromatic rings. The second-order valence-electron chi connectivity index (χ2n) is 11.2. The van der Waals surface area contributed by atoms with Crippen LogP contribution in [0.1, 0.15) is 58.8 Å². The molecule has 2 saturated carbocycles. The van der Waals surface area contributed by atoms with Crippen LogP contribution in [0.4, 0.5) is 0 Å². The van der Waals surface area contributed by atoms with Gasteiger partial charge in [0.15, 0.2) is 6.29 Å². The van der Waals surface area contributed by atoms with Gasteiger partial charge in [0.2, 0.25) is 0 Å². The quantitative estimate of drug-likeness (QED) is 0.321. The third kappa shape index (κ3) is 4.61. The van der Waals surface area contributed by atoms with E-state index in [0.717, 1.165) is 44.1 Å². The zero-order valence-electron chi connectivity index (χ0n) is 20.3. The molecule has 34 heavy (non-hydrogen) atoms. The standard InChI is InChI=1S/C26H40O8/c1-15-5-8-19-25(2,14-33-24-22(30)21(29)20(28)18(13-27)34-24)10-4-11-26(19,3)17(15)7-6-16-9-12-32-23(16)31/h9,17-22,24,27-30H,1,4-8,10-14H2,2-3H3/t17?,18?,19-,20?,21?,22?,24?,25-,26-/m0/s1. The summed E-state index contributed by atoms with van der Waals surface area (Å²) >= 11 is 0. The highest BCUT2D eigenvalue weighted by atomic mass is 16.7. The molecule has 4 rings (SSSR count). The summed E-state index contributed by atoms with van der Waals surface area (Å²) in [5, 5.41) is 40.0. The molecule has 1 saturated heterocycles. The lowest BCUT2D eigenvalue weighted by atomic mass is 9.47. The van der Waals surface area contributed by atoms with E-state index >= 15 is 0 Å². The predicted octanol–water partition coefficient (Wildman–Crippen LogP) is 1.85. The Labute approximate surface area is 201 Å². The van der Waals surface area contributed by atoms with Gasteiger partial charge >= 0.3 is 5.97 Å². The van der Waals surface area contributed by atoms with Gasteiger partial charge in [-0.2, -0.15) is 0 Å². The zero-order chi connectivity index (χ0) is 24.7. The Morgan fingerprint density at radius 3 is 2.62 bits per heavy atom. The molecule has 2 aliphatic heterocycles. The van der Waals surface area contributed by atoms with Gasteiger partial charge in [-0.05, 0) is 67.3 Å². The number of esters is 1. The predicted molar refractivity (Wildman–Crippen MR) is 123 cm³/mol. The number of aliphatic hydroxyl groups is 4. The molecule has 0 aromatic carbocycles. The van der Waals surface area contributed by atoms with Gasteiger partial charge in [0.25, 0.3) is 0 Å². The second-order valence-corrected chi connectivity index (χ2v) is 11.2. The highest BCUT2D eigenvalue weighted by Crippen LogP contribution is 2.62. The Balaban J connectivity index is 1.46. The van der Waals surface area contributed by atoms with Crippen molar-refractivity contribution in [2.75, 3.05) is 19.8 Å². The van der Waals surface area contributed by atoms with Crippen molar-refractivity contribution in [3.05, 3.63) is 23.8 Å². The first-order valence-electron chi connectivity index (χ1n) is 12.6. The van der Waals surface area contributed by atoms with Crippen LogP contribution < -0.4 is 0 Å². The SMILES string of the molecule is C=C1CC[C@H]2[C@](C)(COC3OC(CO)C(O)C(O)C3O)CCC[C@@]2(C)C1CCC1=CCOC1=O. The van der Waals surface area contributed by atoms with Crippen LogP contribution in [0.3, 0.4) is 0 Å². The summed E-state index contributed by atoms with van der Waals surface area (Å²) in [5.74, 6) is 0.454. The Hall–Kier alpha value is -1.29. The van der Waals surface area contributed by atoms with Crippen LogP contribution >= 0.6 is 0 Å². The Morgan fingerprint density at radius 1 is 1.18 bits per heavy atom. The van der Waals surface area contributed by atoms with Crippen molar-refractivity contribution in [3.63, 3.8) is 0 Å². The minimum absolute atomic E-state index is 0.0180. The molecular weight excluding hydrogens is 440 g/mol. The van der Waals surface area contributed by atoms with Crippen LogP contribution in [0, 0.1) is 22.7 Å². The highest BCUT2D eigenvalue weighted by Gasteiger charge is 2.55. The number of allylic oxidation sites excluding steroid dienone is 1. The first-order chi connectivity index (χ1) is 16.1. The summed E-state index contributed by atoms with van der Waals surface area (Å²) in [6, 6.07) is 0. The van der Waals surface area contributed by atoms with Gasteiger partial charge in [0.1, 0.15) is 31.0 Å². The number of fused-ring (bicyclic) bond motifs is 1. The maximum absolute atomic E-state index is 11.9. The largest absolute Gasteiger partial charge is 0.458 e. The summed E-state index contributed by atoms with van der Waals surface area (Å²) in [7, 11) is 0. The van der Waals surface area contributed by atoms with E-state index in [1.165, 1.54) is 5.57 Å². The van der Waals surface area contributed by atoms with Crippen molar-refractivity contribution < 1.29 is 39.4 Å². The van der Waals surface area contributed by atoms with Crippen molar-refractivity contribution >= 4 is 5.97 Å².